The molecule has 9 rings (SSSR count). The van der Waals surface area contributed by atoms with Gasteiger partial charge in [0.1, 0.15) is 5.82 Å². The van der Waals surface area contributed by atoms with Crippen LogP contribution in [0.25, 0.3) is 38.8 Å². The summed E-state index contributed by atoms with van der Waals surface area (Å²) in [6, 6.07) is 51.9. The average molecular weight is 1050 g/mol. The molecule has 6 aromatic carbocycles. The Morgan fingerprint density at radius 1 is 0.636 bits per heavy atom. The van der Waals surface area contributed by atoms with E-state index in [0.29, 0.717) is 35.2 Å². The van der Waals surface area contributed by atoms with Crippen LogP contribution in [0.2, 0.25) is 0 Å². The van der Waals surface area contributed by atoms with Crippen LogP contribution in [0.4, 0.5) is 22.7 Å². The number of aromatic nitrogens is 2. The molecule has 0 bridgehead atoms. The van der Waals surface area contributed by atoms with Crippen LogP contribution >= 0.6 is 0 Å². The van der Waals surface area contributed by atoms with E-state index < -0.39 is 0 Å². The molecule has 66 heavy (non-hydrogen) atoms. The zero-order valence-electron chi connectivity index (χ0n) is 40.4. The van der Waals surface area contributed by atoms with Gasteiger partial charge in [-0.25, -0.2) is 4.98 Å². The van der Waals surface area contributed by atoms with Crippen molar-refractivity contribution in [3.63, 3.8) is 0 Å². The van der Waals surface area contributed by atoms with Gasteiger partial charge in [0.15, 0.2) is 0 Å². The maximum atomic E-state index is 7.05. The van der Waals surface area contributed by atoms with Gasteiger partial charge in [-0.2, -0.15) is 6.07 Å². The molecule has 1 aliphatic heterocycles. The first-order valence-corrected chi connectivity index (χ1v) is 23.7. The van der Waals surface area contributed by atoms with Gasteiger partial charge in [-0.05, 0) is 123 Å². The second-order valence-electron chi connectivity index (χ2n) is 19.8. The summed E-state index contributed by atoms with van der Waals surface area (Å²) in [4.78, 5) is 9.59. The summed E-state index contributed by atoms with van der Waals surface area (Å²) >= 11 is 0. The summed E-state index contributed by atoms with van der Waals surface area (Å²) < 4.78 is 9.28. The fourth-order valence-electron chi connectivity index (χ4n) is 9.66. The Morgan fingerprint density at radius 3 is 2.06 bits per heavy atom. The van der Waals surface area contributed by atoms with E-state index in [1.54, 1.807) is 0 Å². The number of fused-ring (bicyclic) bond motifs is 4. The largest absolute Gasteiger partial charge is 0.509 e. The monoisotopic (exact) mass is 1050 g/mol. The fraction of sp³-hybridized carbons (Fsp3) is 0.300. The molecule has 6 heteroatoms. The van der Waals surface area contributed by atoms with Crippen LogP contribution < -0.4 is 14.5 Å². The van der Waals surface area contributed by atoms with E-state index in [2.05, 4.69) is 225 Å². The summed E-state index contributed by atoms with van der Waals surface area (Å²) in [6.45, 7) is 27.2. The fourth-order valence-corrected chi connectivity index (χ4v) is 9.66. The quantitative estimate of drug-likeness (QED) is 0.114. The minimum absolute atomic E-state index is 0. The molecule has 2 aromatic heterocycles. The van der Waals surface area contributed by atoms with Crippen LogP contribution in [-0.2, 0) is 26.5 Å². The van der Waals surface area contributed by atoms with Gasteiger partial charge >= 0.3 is 0 Å². The Hall–Kier alpha value is -5.64. The van der Waals surface area contributed by atoms with E-state index >= 15 is 0 Å². The predicted octanol–water partition coefficient (Wildman–Crippen LogP) is 17.2. The zero-order chi connectivity index (χ0) is 45.7. The zero-order valence-corrected chi connectivity index (χ0v) is 42.7. The van der Waals surface area contributed by atoms with Crippen molar-refractivity contribution in [1.29, 1.82) is 0 Å². The topological polar surface area (TPSA) is 33.5 Å². The third kappa shape index (κ3) is 8.84. The number of anilines is 4. The average Bonchev–Trinajstić information content (AvgIpc) is 3.84. The molecule has 8 aromatic rings. The smallest absolute Gasteiger partial charge is 0.135 e. The normalized spacial score (nSPS) is 12.9. The minimum atomic E-state index is -0.0334. The Morgan fingerprint density at radius 2 is 1.36 bits per heavy atom. The molecule has 0 spiro atoms. The van der Waals surface area contributed by atoms with Gasteiger partial charge in [0.25, 0.3) is 0 Å². The maximum Gasteiger partial charge on any atom is 0.135 e. The van der Waals surface area contributed by atoms with Crippen molar-refractivity contribution in [1.82, 2.24) is 9.55 Å². The number of hydrogen-bond donors (Lipinski definition) is 0. The first kappa shape index (κ1) is 46.9. The van der Waals surface area contributed by atoms with Crippen LogP contribution in [0.3, 0.4) is 0 Å². The third-order valence-electron chi connectivity index (χ3n) is 13.4. The number of nitrogens with zero attached hydrogens (tertiary/aromatic N) is 4. The van der Waals surface area contributed by atoms with Gasteiger partial charge in [-0.1, -0.05) is 136 Å². The molecular formula is C60H63N4OPt-3. The summed E-state index contributed by atoms with van der Waals surface area (Å²) in [5.74, 6) is 3.61. The van der Waals surface area contributed by atoms with Crippen molar-refractivity contribution in [2.45, 2.75) is 118 Å². The second kappa shape index (κ2) is 18.9. The summed E-state index contributed by atoms with van der Waals surface area (Å²) in [5.41, 5.74) is 15.2. The molecule has 0 unspecified atom stereocenters. The van der Waals surface area contributed by atoms with E-state index in [1.807, 2.05) is 12.3 Å². The molecular weight excluding hydrogens is 988 g/mol. The minimum Gasteiger partial charge on any atom is -0.509 e. The molecule has 5 nitrogen and oxygen atoms in total. The van der Waals surface area contributed by atoms with Crippen LogP contribution in [0.1, 0.15) is 140 Å². The number of benzene rings is 6. The molecule has 0 saturated heterocycles. The Labute approximate surface area is 408 Å². The van der Waals surface area contributed by atoms with Crippen molar-refractivity contribution >= 4 is 44.6 Å². The number of para-hydroxylation sites is 1. The summed E-state index contributed by atoms with van der Waals surface area (Å²) in [5, 5.41) is 2.25. The van der Waals surface area contributed by atoms with E-state index in [9.17, 15) is 0 Å². The summed E-state index contributed by atoms with van der Waals surface area (Å²) in [7, 11) is 0. The molecule has 1 aliphatic rings. The number of ether oxygens (including phenoxy) is 1. The van der Waals surface area contributed by atoms with Crippen LogP contribution in [-0.4, -0.2) is 9.55 Å². The van der Waals surface area contributed by atoms with Gasteiger partial charge in [-0.15, -0.1) is 53.6 Å². The molecule has 0 atom stereocenters. The molecule has 3 heterocycles. The second-order valence-corrected chi connectivity index (χ2v) is 19.8. The Bertz CT molecular complexity index is 3000. The first-order valence-electron chi connectivity index (χ1n) is 23.7. The molecule has 0 N–H and O–H groups in total. The molecule has 0 fully saturated rings. The van der Waals surface area contributed by atoms with Crippen molar-refractivity contribution in [3.8, 4) is 28.4 Å². The Kier molecular flexibility index (Phi) is 13.4. The maximum absolute atomic E-state index is 7.05. The third-order valence-corrected chi connectivity index (χ3v) is 13.4. The molecule has 0 saturated carbocycles. The van der Waals surface area contributed by atoms with Crippen molar-refractivity contribution in [2.24, 2.45) is 0 Å². The molecule has 0 radical (unpaired) electrons. The number of rotatable bonds is 12. The van der Waals surface area contributed by atoms with Crippen molar-refractivity contribution in [2.75, 3.05) is 9.80 Å². The van der Waals surface area contributed by atoms with E-state index in [0.717, 1.165) is 68.8 Å². The van der Waals surface area contributed by atoms with Crippen LogP contribution in [0.15, 0.2) is 128 Å². The summed E-state index contributed by atoms with van der Waals surface area (Å²) in [6.07, 6.45) is 4.09. The Balaban J connectivity index is 0.00000592. The van der Waals surface area contributed by atoms with E-state index in [-0.39, 0.29) is 26.5 Å². The van der Waals surface area contributed by atoms with Gasteiger partial charge in [-0.3, -0.25) is 0 Å². The molecule has 0 aliphatic carbocycles. The van der Waals surface area contributed by atoms with Gasteiger partial charge in [0.2, 0.25) is 0 Å². The van der Waals surface area contributed by atoms with E-state index in [4.69, 9.17) is 9.72 Å². The number of hydrogen-bond acceptors (Lipinski definition) is 4. The van der Waals surface area contributed by atoms with E-state index in [1.165, 1.54) is 33.4 Å². The van der Waals surface area contributed by atoms with Gasteiger partial charge < -0.3 is 19.1 Å². The van der Waals surface area contributed by atoms with Crippen LogP contribution in [0.5, 0.6) is 11.5 Å². The standard InChI is InChI=1S/C60H63N4O.Pt/c1-12-41(13-2)43-24-27-55-57(33-43)63(37-62(55)46-19-16-18-42(30-46)38(3)4)47-31-44(59-50(39(5)6)21-17-22-51(59)40(7)8)32-49(35-47)65-48-25-26-53-52-20-14-15-23-54(52)64(56(53)36-48)58-34-45(28-29-61-58)60(9,10)11;/h14-34,37-41H,12-13H2,1-11H3;/q-3;. The van der Waals surface area contributed by atoms with Crippen molar-refractivity contribution < 1.29 is 25.8 Å². The SMILES string of the molecule is CCC(CC)c1ccc2c(c1)N(c1[c-]c(Oc3[c-]c4c(cc3)c3ccccc3n4-c3cc(C(C)(C)C)ccn3)cc(-c3c(C(C)C)cccc3C(C)C)c1)[CH-]N2c1cccc(C(C)C)c1.[Pt]. The van der Waals surface area contributed by atoms with Gasteiger partial charge in [0, 0.05) is 61.3 Å². The molecule has 342 valence electrons. The molecule has 0 amide bonds. The number of pyridine rings is 1. The van der Waals surface area contributed by atoms with Crippen LogP contribution in [0, 0.1) is 18.8 Å². The van der Waals surface area contributed by atoms with Gasteiger partial charge in [0.05, 0.1) is 0 Å². The first-order chi connectivity index (χ1) is 31.2. The van der Waals surface area contributed by atoms with Crippen molar-refractivity contribution in [3.05, 3.63) is 174 Å². The predicted molar refractivity (Wildman–Crippen MR) is 274 cm³/mol.